The van der Waals surface area contributed by atoms with Gasteiger partial charge in [-0.1, -0.05) is 12.1 Å². The van der Waals surface area contributed by atoms with E-state index in [9.17, 15) is 18.8 Å². The number of aromatic amines is 1. The van der Waals surface area contributed by atoms with Gasteiger partial charge in [0.25, 0.3) is 0 Å². The third-order valence-corrected chi connectivity index (χ3v) is 6.89. The fourth-order valence-corrected chi connectivity index (χ4v) is 4.99. The van der Waals surface area contributed by atoms with Gasteiger partial charge in [0.05, 0.1) is 5.52 Å². The molecule has 9 nitrogen and oxygen atoms in total. The van der Waals surface area contributed by atoms with Crippen LogP contribution in [0.5, 0.6) is 0 Å². The van der Waals surface area contributed by atoms with Crippen molar-refractivity contribution in [2.24, 2.45) is 0 Å². The van der Waals surface area contributed by atoms with Crippen molar-refractivity contribution in [1.82, 2.24) is 30.1 Å². The number of nitrogens with one attached hydrogen (secondary N) is 3. The van der Waals surface area contributed by atoms with Crippen molar-refractivity contribution >= 4 is 23.1 Å². The van der Waals surface area contributed by atoms with E-state index in [0.29, 0.717) is 51.0 Å². The summed E-state index contributed by atoms with van der Waals surface area (Å²) in [6.45, 7) is 1.43. The number of hydrogen-bond donors (Lipinski definition) is 3. The molecule has 2 aliphatic rings. The first kappa shape index (κ1) is 22.1. The molecule has 0 bridgehead atoms. The topological polar surface area (TPSA) is 112 Å². The molecule has 2 unspecified atom stereocenters. The number of amides is 3. The number of hydrogen-bond acceptors (Lipinski definition) is 4. The van der Waals surface area contributed by atoms with Crippen LogP contribution < -0.4 is 16.3 Å². The van der Waals surface area contributed by atoms with E-state index in [1.807, 2.05) is 6.07 Å². The van der Waals surface area contributed by atoms with Crippen molar-refractivity contribution < 1.29 is 14.0 Å². The van der Waals surface area contributed by atoms with Crippen LogP contribution in [0.15, 0.2) is 47.4 Å². The summed E-state index contributed by atoms with van der Waals surface area (Å²) < 4.78 is 15.0. The summed E-state index contributed by atoms with van der Waals surface area (Å²) in [5, 5.41) is 5.78. The SMILES string of the molecule is O=C1NCC(c2ccc(F)cc2)CCC1NC(=O)N1CCC(n2c(=O)[nH]c3ncccc32)CC1. The van der Waals surface area contributed by atoms with Crippen molar-refractivity contribution in [3.8, 4) is 0 Å². The van der Waals surface area contributed by atoms with Gasteiger partial charge in [-0.15, -0.1) is 0 Å². The largest absolute Gasteiger partial charge is 0.354 e. The zero-order valence-corrected chi connectivity index (χ0v) is 18.7. The molecule has 0 aliphatic carbocycles. The van der Waals surface area contributed by atoms with Gasteiger partial charge in [-0.3, -0.25) is 14.3 Å². The van der Waals surface area contributed by atoms with Crippen LogP contribution in [0.25, 0.3) is 11.2 Å². The van der Waals surface area contributed by atoms with Crippen LogP contribution in [0.2, 0.25) is 0 Å². The van der Waals surface area contributed by atoms with E-state index in [4.69, 9.17) is 0 Å². The van der Waals surface area contributed by atoms with E-state index in [2.05, 4.69) is 20.6 Å². The van der Waals surface area contributed by atoms with Gasteiger partial charge < -0.3 is 15.5 Å². The molecule has 0 saturated carbocycles. The average molecular weight is 467 g/mol. The molecule has 3 aromatic rings. The third-order valence-electron chi connectivity index (χ3n) is 6.89. The molecule has 1 aromatic carbocycles. The second-order valence-electron chi connectivity index (χ2n) is 8.96. The lowest BCUT2D eigenvalue weighted by Gasteiger charge is -2.33. The number of aromatic nitrogens is 3. The highest BCUT2D eigenvalue weighted by Crippen LogP contribution is 2.26. The van der Waals surface area contributed by atoms with Crippen molar-refractivity contribution in [2.75, 3.05) is 19.6 Å². The first-order valence-electron chi connectivity index (χ1n) is 11.6. The number of fused-ring (bicyclic) bond motifs is 1. The molecule has 0 spiro atoms. The Balaban J connectivity index is 1.18. The summed E-state index contributed by atoms with van der Waals surface area (Å²) >= 11 is 0. The Morgan fingerprint density at radius 2 is 1.82 bits per heavy atom. The average Bonchev–Trinajstić information content (AvgIpc) is 3.08. The number of piperidine rings is 1. The highest BCUT2D eigenvalue weighted by atomic mass is 19.1. The highest BCUT2D eigenvalue weighted by Gasteiger charge is 2.31. The van der Waals surface area contributed by atoms with E-state index in [1.165, 1.54) is 12.1 Å². The van der Waals surface area contributed by atoms with Gasteiger partial charge in [-0.25, -0.2) is 19.0 Å². The molecule has 3 amide bonds. The summed E-state index contributed by atoms with van der Waals surface area (Å²) in [7, 11) is 0. The molecule has 2 saturated heterocycles. The fourth-order valence-electron chi connectivity index (χ4n) is 4.99. The van der Waals surface area contributed by atoms with Crippen molar-refractivity contribution in [2.45, 2.75) is 43.7 Å². The van der Waals surface area contributed by atoms with Gasteiger partial charge in [0.1, 0.15) is 11.9 Å². The van der Waals surface area contributed by atoms with Gasteiger partial charge in [0.15, 0.2) is 5.65 Å². The Morgan fingerprint density at radius 1 is 1.06 bits per heavy atom. The summed E-state index contributed by atoms with van der Waals surface area (Å²) in [6, 6.07) is 9.08. The highest BCUT2D eigenvalue weighted by molar-refractivity contribution is 5.87. The first-order valence-corrected chi connectivity index (χ1v) is 11.6. The maximum absolute atomic E-state index is 13.2. The maximum atomic E-state index is 13.2. The summed E-state index contributed by atoms with van der Waals surface area (Å²) in [5.74, 6) is -0.418. The van der Waals surface area contributed by atoms with Gasteiger partial charge in [-0.05, 0) is 55.5 Å². The van der Waals surface area contributed by atoms with Crippen LogP contribution in [0.1, 0.15) is 43.2 Å². The molecule has 0 radical (unpaired) electrons. The van der Waals surface area contributed by atoms with Crippen LogP contribution in [-0.4, -0.2) is 57.0 Å². The van der Waals surface area contributed by atoms with Crippen molar-refractivity contribution in [3.05, 3.63) is 64.5 Å². The Morgan fingerprint density at radius 3 is 2.59 bits per heavy atom. The van der Waals surface area contributed by atoms with E-state index in [-0.39, 0.29) is 35.4 Å². The zero-order chi connectivity index (χ0) is 23.7. The van der Waals surface area contributed by atoms with E-state index < -0.39 is 6.04 Å². The predicted molar refractivity (Wildman–Crippen MR) is 124 cm³/mol. The molecule has 3 N–H and O–H groups in total. The molecular weight excluding hydrogens is 439 g/mol. The zero-order valence-electron chi connectivity index (χ0n) is 18.7. The molecule has 2 aliphatic heterocycles. The minimum absolute atomic E-state index is 0.0212. The van der Waals surface area contributed by atoms with Crippen LogP contribution >= 0.6 is 0 Å². The second kappa shape index (κ2) is 9.28. The van der Waals surface area contributed by atoms with E-state index in [0.717, 1.165) is 11.1 Å². The quantitative estimate of drug-likeness (QED) is 0.550. The summed E-state index contributed by atoms with van der Waals surface area (Å²) in [4.78, 5) is 46.6. The standard InChI is InChI=1S/C24H27FN6O3/c25-17-6-3-15(4-7-17)16-5-8-19(22(32)27-14-16)28-23(33)30-12-9-18(10-13-30)31-20-2-1-11-26-21(20)29-24(31)34/h1-4,6-7,11,16,18-19H,5,8-10,12-14H2,(H,27,32)(H,28,33)(H,26,29,34). The van der Waals surface area contributed by atoms with Gasteiger partial charge in [0.2, 0.25) is 5.91 Å². The number of nitrogens with zero attached hydrogens (tertiary/aromatic N) is 3. The molecule has 2 fully saturated rings. The minimum atomic E-state index is -0.613. The first-order chi connectivity index (χ1) is 16.5. The molecule has 5 rings (SSSR count). The number of halogens is 1. The van der Waals surface area contributed by atoms with Crippen molar-refractivity contribution in [3.63, 3.8) is 0 Å². The monoisotopic (exact) mass is 466 g/mol. The predicted octanol–water partition coefficient (Wildman–Crippen LogP) is 2.27. The van der Waals surface area contributed by atoms with E-state index >= 15 is 0 Å². The molecule has 178 valence electrons. The van der Waals surface area contributed by atoms with Gasteiger partial charge in [0, 0.05) is 37.8 Å². The number of urea groups is 1. The number of likely N-dealkylation sites (tertiary alicyclic amines) is 1. The number of imidazole rings is 1. The molecular formula is C24H27FN6O3. The van der Waals surface area contributed by atoms with Crippen molar-refractivity contribution in [1.29, 1.82) is 0 Å². The molecule has 10 heteroatoms. The number of carbonyl (C=O) groups is 2. The molecule has 4 heterocycles. The number of pyridine rings is 1. The van der Waals surface area contributed by atoms with Crippen LogP contribution in [0, 0.1) is 5.82 Å². The number of rotatable bonds is 3. The Hall–Kier alpha value is -3.69. The van der Waals surface area contributed by atoms with Crippen LogP contribution in [-0.2, 0) is 4.79 Å². The summed E-state index contributed by atoms with van der Waals surface area (Å²) in [6.07, 6.45) is 4.13. The normalized spacial score (nSPS) is 21.8. The maximum Gasteiger partial charge on any atom is 0.327 e. The lowest BCUT2D eigenvalue weighted by Crippen LogP contribution is -2.52. The lowest BCUT2D eigenvalue weighted by atomic mass is 9.94. The third kappa shape index (κ3) is 4.40. The summed E-state index contributed by atoms with van der Waals surface area (Å²) in [5.41, 5.74) is 2.10. The minimum Gasteiger partial charge on any atom is -0.354 e. The van der Waals surface area contributed by atoms with Crippen LogP contribution in [0.3, 0.4) is 0 Å². The number of H-pyrrole nitrogens is 1. The van der Waals surface area contributed by atoms with Gasteiger partial charge >= 0.3 is 11.7 Å². The molecule has 2 aromatic heterocycles. The smallest absolute Gasteiger partial charge is 0.327 e. The number of benzene rings is 1. The van der Waals surface area contributed by atoms with Crippen LogP contribution in [0.4, 0.5) is 9.18 Å². The fraction of sp³-hybridized carbons (Fsp3) is 0.417. The molecule has 34 heavy (non-hydrogen) atoms. The second-order valence-corrected chi connectivity index (χ2v) is 8.96. The van der Waals surface area contributed by atoms with Gasteiger partial charge in [-0.2, -0.15) is 0 Å². The Kier molecular flexibility index (Phi) is 6.04. The Labute approximate surface area is 195 Å². The van der Waals surface area contributed by atoms with E-state index in [1.54, 1.807) is 33.9 Å². The Bertz CT molecular complexity index is 1250. The lowest BCUT2D eigenvalue weighted by molar-refractivity contribution is -0.122. The molecule has 2 atom stereocenters. The number of carbonyl (C=O) groups excluding carboxylic acids is 2.